The fraction of sp³-hybridized carbons (Fsp3) is 0.471. The summed E-state index contributed by atoms with van der Waals surface area (Å²) in [6, 6.07) is 0.886. The molecular weight excluding hydrogens is 383 g/mol. The van der Waals surface area contributed by atoms with Crippen LogP contribution in [0.3, 0.4) is 0 Å². The van der Waals surface area contributed by atoms with Crippen LogP contribution in [0.2, 0.25) is 0 Å². The highest BCUT2D eigenvalue weighted by atomic mass is 32.1. The van der Waals surface area contributed by atoms with Crippen molar-refractivity contribution in [3.63, 3.8) is 0 Å². The number of thiophene rings is 1. The van der Waals surface area contributed by atoms with Gasteiger partial charge in [0.15, 0.2) is 5.69 Å². The van der Waals surface area contributed by atoms with Crippen LogP contribution < -0.4 is 5.32 Å². The highest BCUT2D eigenvalue weighted by Gasteiger charge is 2.34. The fourth-order valence-corrected chi connectivity index (χ4v) is 4.38. The molecule has 0 bridgehead atoms. The van der Waals surface area contributed by atoms with Crippen molar-refractivity contribution >= 4 is 28.2 Å². The van der Waals surface area contributed by atoms with Crippen LogP contribution >= 0.6 is 11.3 Å². The molecule has 0 saturated heterocycles. The van der Waals surface area contributed by atoms with Crippen molar-refractivity contribution < 1.29 is 27.5 Å². The predicted molar refractivity (Wildman–Crippen MR) is 92.9 cm³/mol. The molecule has 0 aliphatic heterocycles. The smallest absolute Gasteiger partial charge is 0.435 e. The van der Waals surface area contributed by atoms with E-state index in [0.717, 1.165) is 46.9 Å². The van der Waals surface area contributed by atoms with E-state index >= 15 is 0 Å². The molecule has 0 atom stereocenters. The summed E-state index contributed by atoms with van der Waals surface area (Å²) in [5.74, 6) is -1.09. The molecule has 1 amide bonds. The number of aryl methyl sites for hydroxylation is 2. The van der Waals surface area contributed by atoms with Gasteiger partial charge in [-0.2, -0.15) is 18.3 Å². The minimum atomic E-state index is -4.57. The van der Waals surface area contributed by atoms with Gasteiger partial charge in [0.05, 0.1) is 12.7 Å². The summed E-state index contributed by atoms with van der Waals surface area (Å²) in [6.45, 7) is 1.06. The van der Waals surface area contributed by atoms with Crippen molar-refractivity contribution in [2.75, 3.05) is 12.4 Å². The number of esters is 1. The molecular formula is C17H18F3N3O3S. The van der Waals surface area contributed by atoms with Crippen LogP contribution in [-0.2, 0) is 35.1 Å². The van der Waals surface area contributed by atoms with Crippen molar-refractivity contribution in [3.8, 4) is 0 Å². The van der Waals surface area contributed by atoms with E-state index in [1.807, 2.05) is 0 Å². The first-order valence-electron chi connectivity index (χ1n) is 8.35. The molecule has 10 heteroatoms. The van der Waals surface area contributed by atoms with Crippen molar-refractivity contribution in [2.24, 2.45) is 0 Å². The van der Waals surface area contributed by atoms with Gasteiger partial charge < -0.3 is 10.1 Å². The molecule has 0 fully saturated rings. The Morgan fingerprint density at radius 1 is 1.33 bits per heavy atom. The van der Waals surface area contributed by atoms with E-state index in [4.69, 9.17) is 4.74 Å². The number of fused-ring (bicyclic) bond motifs is 1. The standard InChI is InChI=1S/C17H18F3N3O3S/c1-9-7-12(17(18,19)20)22-23(9)8-13(24)21-15-14(16(25)26-2)10-5-3-4-6-11(10)27-15/h7H,3-6,8H2,1-2H3,(H,21,24). The maximum absolute atomic E-state index is 12.8. The topological polar surface area (TPSA) is 73.2 Å². The highest BCUT2D eigenvalue weighted by molar-refractivity contribution is 7.17. The molecule has 3 rings (SSSR count). The molecule has 0 saturated carbocycles. The Bertz CT molecular complexity index is 886. The number of alkyl halides is 3. The van der Waals surface area contributed by atoms with E-state index in [2.05, 4.69) is 10.4 Å². The van der Waals surface area contributed by atoms with Gasteiger partial charge in [-0.3, -0.25) is 9.48 Å². The average molecular weight is 401 g/mol. The number of carbonyl (C=O) groups is 2. The molecule has 1 aliphatic rings. The van der Waals surface area contributed by atoms with Crippen LogP contribution in [0.1, 0.15) is 45.0 Å². The summed E-state index contributed by atoms with van der Waals surface area (Å²) < 4.78 is 44.1. The van der Waals surface area contributed by atoms with E-state index < -0.39 is 23.7 Å². The van der Waals surface area contributed by atoms with Gasteiger partial charge in [0.2, 0.25) is 5.91 Å². The second kappa shape index (κ2) is 7.34. The Hall–Kier alpha value is -2.36. The van der Waals surface area contributed by atoms with Gasteiger partial charge in [-0.25, -0.2) is 4.79 Å². The minimum absolute atomic E-state index is 0.219. The zero-order chi connectivity index (χ0) is 19.8. The number of aromatic nitrogens is 2. The molecule has 2 aromatic rings. The minimum Gasteiger partial charge on any atom is -0.465 e. The number of hydrogen-bond acceptors (Lipinski definition) is 5. The maximum atomic E-state index is 12.8. The molecule has 0 aromatic carbocycles. The molecule has 2 aromatic heterocycles. The summed E-state index contributed by atoms with van der Waals surface area (Å²) in [4.78, 5) is 25.6. The molecule has 6 nitrogen and oxygen atoms in total. The molecule has 0 radical (unpaired) electrons. The van der Waals surface area contributed by atoms with Gasteiger partial charge in [-0.1, -0.05) is 0 Å². The zero-order valence-electron chi connectivity index (χ0n) is 14.8. The Morgan fingerprint density at radius 3 is 2.67 bits per heavy atom. The summed E-state index contributed by atoms with van der Waals surface area (Å²) >= 11 is 1.32. The van der Waals surface area contributed by atoms with Crippen LogP contribution in [0.25, 0.3) is 0 Å². The molecule has 2 heterocycles. The molecule has 0 unspecified atom stereocenters. The Balaban J connectivity index is 1.82. The van der Waals surface area contributed by atoms with Crippen molar-refractivity contribution in [1.82, 2.24) is 9.78 Å². The number of anilines is 1. The number of hydrogen-bond donors (Lipinski definition) is 1. The summed E-state index contributed by atoms with van der Waals surface area (Å²) in [7, 11) is 1.27. The van der Waals surface area contributed by atoms with Gasteiger partial charge >= 0.3 is 12.1 Å². The van der Waals surface area contributed by atoms with Crippen LogP contribution in [0, 0.1) is 6.92 Å². The van der Waals surface area contributed by atoms with Gasteiger partial charge in [-0.05, 0) is 44.2 Å². The summed E-state index contributed by atoms with van der Waals surface area (Å²) in [5.41, 5.74) is 0.410. The Labute approximate surface area is 157 Å². The van der Waals surface area contributed by atoms with Gasteiger partial charge in [0.1, 0.15) is 11.5 Å². The lowest BCUT2D eigenvalue weighted by atomic mass is 9.95. The van der Waals surface area contributed by atoms with Crippen LogP contribution in [0.5, 0.6) is 0 Å². The number of nitrogens with zero attached hydrogens (tertiary/aromatic N) is 2. The number of nitrogens with one attached hydrogen (secondary N) is 1. The number of ether oxygens (including phenoxy) is 1. The van der Waals surface area contributed by atoms with E-state index in [-0.39, 0.29) is 12.2 Å². The highest BCUT2D eigenvalue weighted by Crippen LogP contribution is 2.38. The number of amides is 1. The fourth-order valence-electron chi connectivity index (χ4n) is 3.08. The summed E-state index contributed by atoms with van der Waals surface area (Å²) in [5, 5.41) is 6.46. The van der Waals surface area contributed by atoms with E-state index in [9.17, 15) is 22.8 Å². The quantitative estimate of drug-likeness (QED) is 0.795. The largest absolute Gasteiger partial charge is 0.465 e. The second-order valence-electron chi connectivity index (χ2n) is 6.28. The van der Waals surface area contributed by atoms with Crippen LogP contribution in [-0.4, -0.2) is 28.8 Å². The summed E-state index contributed by atoms with van der Waals surface area (Å²) in [6.07, 6.45) is -1.05. The lowest BCUT2D eigenvalue weighted by Gasteiger charge is -2.11. The number of methoxy groups -OCH3 is 1. The molecule has 146 valence electrons. The maximum Gasteiger partial charge on any atom is 0.435 e. The number of halogens is 3. The predicted octanol–water partition coefficient (Wildman–Crippen LogP) is 3.58. The van der Waals surface area contributed by atoms with Gasteiger partial charge in [0, 0.05) is 10.6 Å². The van der Waals surface area contributed by atoms with E-state index in [1.54, 1.807) is 0 Å². The molecule has 1 aliphatic carbocycles. The van der Waals surface area contributed by atoms with Crippen LogP contribution in [0.15, 0.2) is 6.07 Å². The van der Waals surface area contributed by atoms with Gasteiger partial charge in [0.25, 0.3) is 0 Å². The average Bonchev–Trinajstić information content (AvgIpc) is 3.14. The van der Waals surface area contributed by atoms with Crippen molar-refractivity contribution in [3.05, 3.63) is 33.5 Å². The van der Waals surface area contributed by atoms with Crippen molar-refractivity contribution in [1.29, 1.82) is 0 Å². The first-order chi connectivity index (χ1) is 12.7. The molecule has 27 heavy (non-hydrogen) atoms. The Kier molecular flexibility index (Phi) is 5.27. The lowest BCUT2D eigenvalue weighted by Crippen LogP contribution is -2.21. The Morgan fingerprint density at radius 2 is 2.04 bits per heavy atom. The van der Waals surface area contributed by atoms with Crippen LogP contribution in [0.4, 0.5) is 18.2 Å². The van der Waals surface area contributed by atoms with Gasteiger partial charge in [-0.15, -0.1) is 11.3 Å². The molecule has 1 N–H and O–H groups in total. The number of carbonyl (C=O) groups excluding carboxylic acids is 2. The third-order valence-corrected chi connectivity index (χ3v) is 5.59. The van der Waals surface area contributed by atoms with E-state index in [1.165, 1.54) is 25.4 Å². The first kappa shape index (κ1) is 19.4. The second-order valence-corrected chi connectivity index (χ2v) is 7.39. The third-order valence-electron chi connectivity index (χ3n) is 4.38. The SMILES string of the molecule is COC(=O)c1c(NC(=O)Cn2nc(C(F)(F)F)cc2C)sc2c1CCCC2. The zero-order valence-corrected chi connectivity index (χ0v) is 15.6. The molecule has 0 spiro atoms. The third kappa shape index (κ3) is 4.00. The normalized spacial score (nSPS) is 14.0. The monoisotopic (exact) mass is 401 g/mol. The lowest BCUT2D eigenvalue weighted by molar-refractivity contribution is -0.141. The number of rotatable bonds is 4. The van der Waals surface area contributed by atoms with Crippen molar-refractivity contribution in [2.45, 2.75) is 45.3 Å². The first-order valence-corrected chi connectivity index (χ1v) is 9.16. The van der Waals surface area contributed by atoms with E-state index in [0.29, 0.717) is 10.6 Å².